The van der Waals surface area contributed by atoms with Gasteiger partial charge >= 0.3 is 5.97 Å². The predicted octanol–water partition coefficient (Wildman–Crippen LogP) is 3.30. The van der Waals surface area contributed by atoms with Crippen molar-refractivity contribution in [2.75, 3.05) is 12.4 Å². The molecule has 2 rings (SSSR count). The minimum atomic E-state index is -0.374. The number of benzene rings is 1. The molecule has 1 unspecified atom stereocenters. The van der Waals surface area contributed by atoms with Gasteiger partial charge in [0.25, 0.3) is 0 Å². The number of carbonyl (C=O) groups excluding carboxylic acids is 1. The molecular formula is C17H20N2O2. The molecule has 1 N–H and O–H groups in total. The van der Waals surface area contributed by atoms with Crippen molar-refractivity contribution in [3.63, 3.8) is 0 Å². The summed E-state index contributed by atoms with van der Waals surface area (Å²) in [6.07, 6.45) is 3.61. The summed E-state index contributed by atoms with van der Waals surface area (Å²) in [6, 6.07) is 14.0. The first kappa shape index (κ1) is 15.0. The van der Waals surface area contributed by atoms with Gasteiger partial charge in [-0.2, -0.15) is 0 Å². The number of pyridine rings is 1. The van der Waals surface area contributed by atoms with Crippen molar-refractivity contribution in [2.45, 2.75) is 25.8 Å². The fourth-order valence-electron chi connectivity index (χ4n) is 2.13. The predicted molar refractivity (Wildman–Crippen MR) is 83.4 cm³/mol. The Bertz CT molecular complexity index is 584. The normalized spacial score (nSPS) is 11.7. The van der Waals surface area contributed by atoms with Crippen molar-refractivity contribution in [2.24, 2.45) is 0 Å². The zero-order valence-corrected chi connectivity index (χ0v) is 12.4. The molecule has 0 bridgehead atoms. The summed E-state index contributed by atoms with van der Waals surface area (Å²) in [6.45, 7) is 2.08. The van der Waals surface area contributed by atoms with Crippen molar-refractivity contribution in [3.05, 3.63) is 59.8 Å². The van der Waals surface area contributed by atoms with E-state index in [-0.39, 0.29) is 12.0 Å². The van der Waals surface area contributed by atoms with Gasteiger partial charge in [0.1, 0.15) is 11.4 Å². The highest BCUT2D eigenvalue weighted by atomic mass is 16.5. The number of aromatic nitrogens is 1. The summed E-state index contributed by atoms with van der Waals surface area (Å²) in [5, 5.41) is 3.28. The Labute approximate surface area is 125 Å². The number of aryl methyl sites for hydroxylation is 1. The number of hydrogen-bond donors (Lipinski definition) is 1. The van der Waals surface area contributed by atoms with Crippen LogP contribution in [-0.4, -0.2) is 24.1 Å². The summed E-state index contributed by atoms with van der Waals surface area (Å²) in [5.41, 5.74) is 1.77. The van der Waals surface area contributed by atoms with Crippen LogP contribution in [0.1, 0.15) is 29.3 Å². The van der Waals surface area contributed by atoms with Gasteiger partial charge in [0.2, 0.25) is 0 Å². The second-order valence-corrected chi connectivity index (χ2v) is 4.96. The van der Waals surface area contributed by atoms with Crippen LogP contribution in [0.4, 0.5) is 5.82 Å². The van der Waals surface area contributed by atoms with Gasteiger partial charge in [-0.3, -0.25) is 0 Å². The largest absolute Gasteiger partial charge is 0.465 e. The van der Waals surface area contributed by atoms with Crippen LogP contribution >= 0.6 is 0 Å². The number of hydrogen-bond acceptors (Lipinski definition) is 4. The second-order valence-electron chi connectivity index (χ2n) is 4.96. The molecule has 0 saturated heterocycles. The Balaban J connectivity index is 1.96. The van der Waals surface area contributed by atoms with Gasteiger partial charge in [-0.25, -0.2) is 9.78 Å². The van der Waals surface area contributed by atoms with E-state index < -0.39 is 0 Å². The number of ether oxygens (including phenoxy) is 1. The number of methoxy groups -OCH3 is 1. The third kappa shape index (κ3) is 4.31. The van der Waals surface area contributed by atoms with Crippen LogP contribution in [0.2, 0.25) is 0 Å². The highest BCUT2D eigenvalue weighted by Gasteiger charge is 2.14. The highest BCUT2D eigenvalue weighted by Crippen LogP contribution is 2.15. The van der Waals surface area contributed by atoms with E-state index in [0.717, 1.165) is 12.8 Å². The summed E-state index contributed by atoms with van der Waals surface area (Å²) >= 11 is 0. The lowest BCUT2D eigenvalue weighted by Crippen LogP contribution is -2.19. The fourth-order valence-corrected chi connectivity index (χ4v) is 2.13. The third-order valence-corrected chi connectivity index (χ3v) is 3.30. The molecule has 0 aliphatic rings. The molecule has 21 heavy (non-hydrogen) atoms. The van der Waals surface area contributed by atoms with E-state index in [4.69, 9.17) is 4.74 Å². The number of nitrogens with one attached hydrogen (secondary N) is 1. The van der Waals surface area contributed by atoms with Crippen LogP contribution < -0.4 is 5.32 Å². The smallest absolute Gasteiger partial charge is 0.341 e. The van der Waals surface area contributed by atoms with Crippen LogP contribution in [0.25, 0.3) is 0 Å². The Morgan fingerprint density at radius 2 is 2.00 bits per heavy atom. The average Bonchev–Trinajstić information content (AvgIpc) is 2.54. The fraction of sp³-hybridized carbons (Fsp3) is 0.294. The molecule has 0 amide bonds. The first-order chi connectivity index (χ1) is 10.2. The van der Waals surface area contributed by atoms with E-state index in [1.807, 2.05) is 18.2 Å². The summed E-state index contributed by atoms with van der Waals surface area (Å²) in [5.74, 6) is 0.200. The Hall–Kier alpha value is -2.36. The maximum atomic E-state index is 11.7. The molecule has 0 fully saturated rings. The lowest BCUT2D eigenvalue weighted by atomic mass is 10.1. The van der Waals surface area contributed by atoms with Gasteiger partial charge in [0.15, 0.2) is 0 Å². The maximum absolute atomic E-state index is 11.7. The molecule has 1 aromatic carbocycles. The Morgan fingerprint density at radius 1 is 1.24 bits per heavy atom. The molecule has 0 aliphatic heterocycles. The standard InChI is InChI=1S/C17H20N2O2/c1-13(10-11-14-7-4-3-5-8-14)19-16-15(17(20)21-2)9-6-12-18-16/h3-9,12-13H,10-11H2,1-2H3,(H,18,19). The van der Waals surface area contributed by atoms with Crippen LogP contribution in [-0.2, 0) is 11.2 Å². The number of carbonyl (C=O) groups is 1. The molecule has 0 aliphatic carbocycles. The second kappa shape index (κ2) is 7.43. The molecular weight excluding hydrogens is 264 g/mol. The Morgan fingerprint density at radius 3 is 2.71 bits per heavy atom. The maximum Gasteiger partial charge on any atom is 0.341 e. The highest BCUT2D eigenvalue weighted by molar-refractivity contribution is 5.94. The van der Waals surface area contributed by atoms with E-state index in [0.29, 0.717) is 11.4 Å². The third-order valence-electron chi connectivity index (χ3n) is 3.30. The minimum Gasteiger partial charge on any atom is -0.465 e. The zero-order chi connectivity index (χ0) is 15.1. The van der Waals surface area contributed by atoms with Crippen LogP contribution in [0.3, 0.4) is 0 Å². The first-order valence-electron chi connectivity index (χ1n) is 7.04. The average molecular weight is 284 g/mol. The van der Waals surface area contributed by atoms with E-state index in [1.54, 1.807) is 18.3 Å². The van der Waals surface area contributed by atoms with E-state index in [1.165, 1.54) is 12.7 Å². The van der Waals surface area contributed by atoms with Crippen LogP contribution in [0.5, 0.6) is 0 Å². The minimum absolute atomic E-state index is 0.212. The van der Waals surface area contributed by atoms with Gasteiger partial charge in [0.05, 0.1) is 7.11 Å². The van der Waals surface area contributed by atoms with Gasteiger partial charge in [-0.05, 0) is 37.5 Å². The van der Waals surface area contributed by atoms with Crippen molar-refractivity contribution < 1.29 is 9.53 Å². The van der Waals surface area contributed by atoms with Crippen LogP contribution in [0, 0.1) is 0 Å². The molecule has 1 aromatic heterocycles. The quantitative estimate of drug-likeness (QED) is 0.827. The SMILES string of the molecule is COC(=O)c1cccnc1NC(C)CCc1ccccc1. The molecule has 0 spiro atoms. The number of anilines is 1. The monoisotopic (exact) mass is 284 g/mol. The molecule has 2 aromatic rings. The van der Waals surface area contributed by atoms with Gasteiger partial charge in [0, 0.05) is 12.2 Å². The Kier molecular flexibility index (Phi) is 5.32. The lowest BCUT2D eigenvalue weighted by Gasteiger charge is -2.16. The van der Waals surface area contributed by atoms with E-state index in [9.17, 15) is 4.79 Å². The topological polar surface area (TPSA) is 51.2 Å². The van der Waals surface area contributed by atoms with Crippen molar-refractivity contribution in [1.82, 2.24) is 4.98 Å². The number of nitrogens with zero attached hydrogens (tertiary/aromatic N) is 1. The van der Waals surface area contributed by atoms with Crippen molar-refractivity contribution >= 4 is 11.8 Å². The van der Waals surface area contributed by atoms with Crippen LogP contribution in [0.15, 0.2) is 48.7 Å². The summed E-state index contributed by atoms with van der Waals surface area (Å²) in [7, 11) is 1.37. The summed E-state index contributed by atoms with van der Waals surface area (Å²) < 4.78 is 4.77. The summed E-state index contributed by atoms with van der Waals surface area (Å²) in [4.78, 5) is 15.9. The van der Waals surface area contributed by atoms with Gasteiger partial charge in [-0.15, -0.1) is 0 Å². The first-order valence-corrected chi connectivity index (χ1v) is 7.04. The molecule has 0 radical (unpaired) electrons. The molecule has 4 nitrogen and oxygen atoms in total. The molecule has 1 heterocycles. The van der Waals surface area contributed by atoms with Crippen molar-refractivity contribution in [3.8, 4) is 0 Å². The van der Waals surface area contributed by atoms with Crippen molar-refractivity contribution in [1.29, 1.82) is 0 Å². The lowest BCUT2D eigenvalue weighted by molar-refractivity contribution is 0.0601. The van der Waals surface area contributed by atoms with Gasteiger partial charge in [-0.1, -0.05) is 30.3 Å². The van der Waals surface area contributed by atoms with E-state index >= 15 is 0 Å². The molecule has 0 saturated carbocycles. The van der Waals surface area contributed by atoms with Gasteiger partial charge < -0.3 is 10.1 Å². The molecule has 4 heteroatoms. The number of esters is 1. The molecule has 110 valence electrons. The zero-order valence-electron chi connectivity index (χ0n) is 12.4. The number of rotatable bonds is 6. The molecule has 1 atom stereocenters. The van der Waals surface area contributed by atoms with E-state index in [2.05, 4.69) is 29.4 Å².